The summed E-state index contributed by atoms with van der Waals surface area (Å²) in [5.41, 5.74) is 1.54. The second-order valence-corrected chi connectivity index (χ2v) is 9.10. The highest BCUT2D eigenvalue weighted by Gasteiger charge is 2.36. The molecule has 0 radical (unpaired) electrons. The molecule has 1 atom stereocenters. The Morgan fingerprint density at radius 1 is 1.15 bits per heavy atom. The zero-order valence-electron chi connectivity index (χ0n) is 19.8. The number of nitrogens with zero attached hydrogens (tertiary/aromatic N) is 2. The highest BCUT2D eigenvalue weighted by atomic mass is 16.6. The van der Waals surface area contributed by atoms with Crippen LogP contribution in [-0.4, -0.2) is 49.1 Å². The fourth-order valence-corrected chi connectivity index (χ4v) is 3.64. The van der Waals surface area contributed by atoms with Crippen LogP contribution < -0.4 is 15.0 Å². The maximum Gasteiger partial charge on any atom is 0.410 e. The molecule has 0 saturated carbocycles. The van der Waals surface area contributed by atoms with E-state index in [1.165, 1.54) is 4.90 Å². The lowest BCUT2D eigenvalue weighted by molar-refractivity contribution is -0.122. The van der Waals surface area contributed by atoms with E-state index in [1.807, 2.05) is 57.2 Å². The summed E-state index contributed by atoms with van der Waals surface area (Å²) in [5, 5.41) is 2.90. The molecular formula is C25H31N3O5. The molecule has 8 heteroatoms. The number of benzene rings is 2. The van der Waals surface area contributed by atoms with Gasteiger partial charge in [-0.2, -0.15) is 0 Å². The Morgan fingerprint density at radius 2 is 1.88 bits per heavy atom. The molecule has 0 bridgehead atoms. The summed E-state index contributed by atoms with van der Waals surface area (Å²) in [6.07, 6.45) is -0.289. The minimum Gasteiger partial charge on any atom is -0.495 e. The van der Waals surface area contributed by atoms with Gasteiger partial charge < -0.3 is 24.6 Å². The molecule has 33 heavy (non-hydrogen) atoms. The Labute approximate surface area is 194 Å². The number of rotatable bonds is 6. The van der Waals surface area contributed by atoms with E-state index in [1.54, 1.807) is 31.2 Å². The van der Waals surface area contributed by atoms with E-state index < -0.39 is 17.6 Å². The topological polar surface area (TPSA) is 88.2 Å². The summed E-state index contributed by atoms with van der Waals surface area (Å²) in [6, 6.07) is 14.5. The lowest BCUT2D eigenvalue weighted by Gasteiger charge is -2.24. The molecule has 1 N–H and O–H groups in total. The predicted molar refractivity (Wildman–Crippen MR) is 126 cm³/mol. The smallest absolute Gasteiger partial charge is 0.410 e. The van der Waals surface area contributed by atoms with Crippen LogP contribution in [0.3, 0.4) is 0 Å². The molecule has 3 amide bonds. The molecule has 176 valence electrons. The van der Waals surface area contributed by atoms with Crippen molar-refractivity contribution >= 4 is 29.3 Å². The maximum absolute atomic E-state index is 12.9. The summed E-state index contributed by atoms with van der Waals surface area (Å²) in [7, 11) is 3.21. The molecule has 1 aliphatic rings. The maximum atomic E-state index is 12.9. The summed E-state index contributed by atoms with van der Waals surface area (Å²) >= 11 is 0. The van der Waals surface area contributed by atoms with Crippen molar-refractivity contribution in [1.29, 1.82) is 0 Å². The first-order chi connectivity index (χ1) is 15.6. The number of anilines is 2. The third-order valence-corrected chi connectivity index (χ3v) is 5.19. The van der Waals surface area contributed by atoms with Gasteiger partial charge in [-0.1, -0.05) is 24.3 Å². The third kappa shape index (κ3) is 6.25. The van der Waals surface area contributed by atoms with Gasteiger partial charge in [-0.25, -0.2) is 4.79 Å². The molecule has 3 rings (SSSR count). The zero-order chi connectivity index (χ0) is 24.2. The fraction of sp³-hybridized carbons (Fsp3) is 0.400. The number of para-hydroxylation sites is 2. The third-order valence-electron chi connectivity index (χ3n) is 5.19. The molecule has 1 fully saturated rings. The molecule has 2 aromatic carbocycles. The van der Waals surface area contributed by atoms with Crippen LogP contribution in [0.1, 0.15) is 32.8 Å². The van der Waals surface area contributed by atoms with Crippen molar-refractivity contribution in [1.82, 2.24) is 4.90 Å². The first-order valence-electron chi connectivity index (χ1n) is 10.8. The quantitative estimate of drug-likeness (QED) is 0.713. The first kappa shape index (κ1) is 24.1. The van der Waals surface area contributed by atoms with E-state index in [-0.39, 0.29) is 24.8 Å². The average molecular weight is 454 g/mol. The van der Waals surface area contributed by atoms with Crippen LogP contribution >= 0.6 is 0 Å². The van der Waals surface area contributed by atoms with E-state index in [9.17, 15) is 14.4 Å². The highest BCUT2D eigenvalue weighted by Crippen LogP contribution is 2.33. The van der Waals surface area contributed by atoms with Crippen molar-refractivity contribution in [2.45, 2.75) is 39.3 Å². The first-order valence-corrected chi connectivity index (χ1v) is 10.8. The van der Waals surface area contributed by atoms with Crippen molar-refractivity contribution in [3.63, 3.8) is 0 Å². The second-order valence-electron chi connectivity index (χ2n) is 9.10. The largest absolute Gasteiger partial charge is 0.495 e. The van der Waals surface area contributed by atoms with Crippen LogP contribution in [0.5, 0.6) is 5.75 Å². The summed E-state index contributed by atoms with van der Waals surface area (Å²) < 4.78 is 10.7. The van der Waals surface area contributed by atoms with Crippen LogP contribution in [0.25, 0.3) is 0 Å². The number of carbonyl (C=O) groups is 3. The Balaban J connectivity index is 1.63. The Hall–Kier alpha value is -3.55. The highest BCUT2D eigenvalue weighted by molar-refractivity contribution is 6.04. The second kappa shape index (κ2) is 9.94. The van der Waals surface area contributed by atoms with Gasteiger partial charge in [0.1, 0.15) is 11.4 Å². The molecule has 1 saturated heterocycles. The van der Waals surface area contributed by atoms with Crippen LogP contribution in [0.2, 0.25) is 0 Å². The monoisotopic (exact) mass is 453 g/mol. The number of hydrogen-bond acceptors (Lipinski definition) is 5. The van der Waals surface area contributed by atoms with Gasteiger partial charge in [0.05, 0.1) is 18.7 Å². The fourth-order valence-electron chi connectivity index (χ4n) is 3.64. The average Bonchev–Trinajstić information content (AvgIpc) is 3.14. The van der Waals surface area contributed by atoms with Gasteiger partial charge >= 0.3 is 6.09 Å². The molecular weight excluding hydrogens is 422 g/mol. The normalized spacial score (nSPS) is 15.8. The van der Waals surface area contributed by atoms with E-state index in [4.69, 9.17) is 9.47 Å². The van der Waals surface area contributed by atoms with Gasteiger partial charge in [0.25, 0.3) is 0 Å². The van der Waals surface area contributed by atoms with Gasteiger partial charge in [-0.05, 0) is 50.6 Å². The molecule has 8 nitrogen and oxygen atoms in total. The Morgan fingerprint density at radius 3 is 2.58 bits per heavy atom. The number of hydrogen-bond donors (Lipinski definition) is 1. The summed E-state index contributed by atoms with van der Waals surface area (Å²) in [5.74, 6) is -0.227. The summed E-state index contributed by atoms with van der Waals surface area (Å²) in [4.78, 5) is 40.8. The molecule has 0 aliphatic carbocycles. The Bertz CT molecular complexity index is 1030. The molecule has 2 aromatic rings. The van der Waals surface area contributed by atoms with E-state index >= 15 is 0 Å². The van der Waals surface area contributed by atoms with Crippen LogP contribution in [0.15, 0.2) is 48.5 Å². The van der Waals surface area contributed by atoms with Crippen molar-refractivity contribution in [2.75, 3.05) is 30.9 Å². The van der Waals surface area contributed by atoms with Crippen molar-refractivity contribution in [3.8, 4) is 5.75 Å². The Kier molecular flexibility index (Phi) is 7.26. The van der Waals surface area contributed by atoms with E-state index in [2.05, 4.69) is 5.32 Å². The molecule has 1 aliphatic heterocycles. The lowest BCUT2D eigenvalue weighted by Crippen LogP contribution is -2.33. The van der Waals surface area contributed by atoms with Crippen molar-refractivity contribution < 1.29 is 23.9 Å². The molecule has 0 spiro atoms. The van der Waals surface area contributed by atoms with Crippen molar-refractivity contribution in [2.24, 2.45) is 5.92 Å². The zero-order valence-corrected chi connectivity index (χ0v) is 19.8. The van der Waals surface area contributed by atoms with Gasteiger partial charge in [0.15, 0.2) is 0 Å². The number of carbonyl (C=O) groups excluding carboxylic acids is 3. The summed E-state index contributed by atoms with van der Waals surface area (Å²) in [6.45, 7) is 6.07. The van der Waals surface area contributed by atoms with E-state index in [0.717, 1.165) is 5.56 Å². The SMILES string of the molecule is COc1ccccc1N1CC(C(=O)Nc2cccc(CN(C)C(=O)OC(C)(C)C)c2)CC1=O. The van der Waals surface area contributed by atoms with Crippen molar-refractivity contribution in [3.05, 3.63) is 54.1 Å². The lowest BCUT2D eigenvalue weighted by atomic mass is 10.1. The number of nitrogens with one attached hydrogen (secondary N) is 1. The van der Waals surface area contributed by atoms with Gasteiger partial charge in [0.2, 0.25) is 11.8 Å². The van der Waals surface area contributed by atoms with Crippen LogP contribution in [0.4, 0.5) is 16.2 Å². The molecule has 1 heterocycles. The standard InChI is InChI=1S/C25H31N3O5/c1-25(2,3)33-24(31)27(4)15-17-9-8-10-19(13-17)26-23(30)18-14-22(29)28(16-18)20-11-6-7-12-21(20)32-5/h6-13,18H,14-16H2,1-5H3,(H,26,30). The van der Waals surface area contributed by atoms with Gasteiger partial charge in [0, 0.05) is 32.2 Å². The molecule has 0 aromatic heterocycles. The van der Waals surface area contributed by atoms with Crippen LogP contribution in [0, 0.1) is 5.92 Å². The van der Waals surface area contributed by atoms with Gasteiger partial charge in [-0.3, -0.25) is 9.59 Å². The minimum atomic E-state index is -0.572. The van der Waals surface area contributed by atoms with E-state index in [0.29, 0.717) is 23.7 Å². The predicted octanol–water partition coefficient (Wildman–Crippen LogP) is 4.05. The van der Waals surface area contributed by atoms with Gasteiger partial charge in [-0.15, -0.1) is 0 Å². The number of ether oxygens (including phenoxy) is 2. The number of amides is 3. The van der Waals surface area contributed by atoms with Crippen LogP contribution in [-0.2, 0) is 20.9 Å². The number of methoxy groups -OCH3 is 1. The molecule has 1 unspecified atom stereocenters. The minimum absolute atomic E-state index is 0.118.